The van der Waals surface area contributed by atoms with Gasteiger partial charge in [-0.3, -0.25) is 9.69 Å². The molecular formula is C15H25N3OS. The molecule has 0 aliphatic heterocycles. The van der Waals surface area contributed by atoms with Crippen LogP contribution in [0.25, 0.3) is 0 Å². The molecule has 0 saturated heterocycles. The number of hydrogen-bond donors (Lipinski definition) is 2. The number of nitrogens with one attached hydrogen (secondary N) is 1. The lowest BCUT2D eigenvalue weighted by Gasteiger charge is -2.29. The summed E-state index contributed by atoms with van der Waals surface area (Å²) in [6.07, 6.45) is 2.08. The van der Waals surface area contributed by atoms with Crippen LogP contribution < -0.4 is 11.1 Å². The summed E-state index contributed by atoms with van der Waals surface area (Å²) in [5, 5.41) is 2.97. The van der Waals surface area contributed by atoms with E-state index >= 15 is 0 Å². The number of carbonyl (C=O) groups is 1. The average Bonchev–Trinajstić information content (AvgIpc) is 2.40. The van der Waals surface area contributed by atoms with Gasteiger partial charge in [-0.1, -0.05) is 0 Å². The highest BCUT2D eigenvalue weighted by Gasteiger charge is 2.22. The van der Waals surface area contributed by atoms with E-state index in [0.717, 1.165) is 17.0 Å². The first kappa shape index (κ1) is 16.9. The molecule has 3 N–H and O–H groups in total. The maximum Gasteiger partial charge on any atom is 0.241 e. The van der Waals surface area contributed by atoms with Crippen LogP contribution in [0.15, 0.2) is 18.2 Å². The van der Waals surface area contributed by atoms with Gasteiger partial charge >= 0.3 is 0 Å². The first-order valence-corrected chi connectivity index (χ1v) is 8.14. The van der Waals surface area contributed by atoms with Crippen LogP contribution in [0.5, 0.6) is 0 Å². The first-order chi connectivity index (χ1) is 9.36. The summed E-state index contributed by atoms with van der Waals surface area (Å²) in [7, 11) is 1.99. The van der Waals surface area contributed by atoms with Crippen molar-refractivity contribution < 1.29 is 4.79 Å². The third kappa shape index (κ3) is 4.42. The molecule has 5 heteroatoms. The van der Waals surface area contributed by atoms with Gasteiger partial charge in [0.1, 0.15) is 0 Å². The molecule has 1 aromatic carbocycles. The van der Waals surface area contributed by atoms with Gasteiger partial charge in [0.15, 0.2) is 0 Å². The third-order valence-corrected chi connectivity index (χ3v) is 4.42. The fourth-order valence-corrected chi connectivity index (χ4v) is 2.71. The van der Waals surface area contributed by atoms with E-state index in [-0.39, 0.29) is 11.9 Å². The zero-order valence-electron chi connectivity index (χ0n) is 12.9. The van der Waals surface area contributed by atoms with E-state index in [1.165, 1.54) is 0 Å². The summed E-state index contributed by atoms with van der Waals surface area (Å²) in [5.41, 5.74) is 8.22. The minimum atomic E-state index is -0.172. The largest absolute Gasteiger partial charge is 0.399 e. The second kappa shape index (κ2) is 7.55. The maximum absolute atomic E-state index is 12.3. The number of amides is 1. The molecule has 1 amide bonds. The molecule has 0 bridgehead atoms. The Morgan fingerprint density at radius 1 is 1.45 bits per heavy atom. The van der Waals surface area contributed by atoms with Gasteiger partial charge in [0, 0.05) is 23.2 Å². The van der Waals surface area contributed by atoms with Crippen LogP contribution in [0.1, 0.15) is 19.4 Å². The van der Waals surface area contributed by atoms with Gasteiger partial charge in [0.2, 0.25) is 5.91 Å². The maximum atomic E-state index is 12.3. The van der Waals surface area contributed by atoms with Crippen molar-refractivity contribution in [3.8, 4) is 0 Å². The average molecular weight is 295 g/mol. The second-order valence-corrected chi connectivity index (χ2v) is 6.12. The number of anilines is 2. The van der Waals surface area contributed by atoms with Gasteiger partial charge in [-0.05, 0) is 57.8 Å². The van der Waals surface area contributed by atoms with E-state index in [1.54, 1.807) is 17.8 Å². The molecule has 112 valence electrons. The van der Waals surface area contributed by atoms with E-state index in [1.807, 2.05) is 33.0 Å². The number of benzene rings is 1. The zero-order chi connectivity index (χ0) is 15.3. The minimum Gasteiger partial charge on any atom is -0.399 e. The van der Waals surface area contributed by atoms with Crippen LogP contribution in [-0.4, -0.2) is 41.9 Å². The van der Waals surface area contributed by atoms with Gasteiger partial charge < -0.3 is 11.1 Å². The van der Waals surface area contributed by atoms with Crippen molar-refractivity contribution in [1.29, 1.82) is 0 Å². The topological polar surface area (TPSA) is 58.4 Å². The summed E-state index contributed by atoms with van der Waals surface area (Å²) in [4.78, 5) is 14.4. The summed E-state index contributed by atoms with van der Waals surface area (Å²) in [6, 6.07) is 5.70. The van der Waals surface area contributed by atoms with Crippen molar-refractivity contribution in [3.05, 3.63) is 23.8 Å². The summed E-state index contributed by atoms with van der Waals surface area (Å²) in [5.74, 6) is 1.02. The van der Waals surface area contributed by atoms with E-state index < -0.39 is 0 Å². The lowest BCUT2D eigenvalue weighted by molar-refractivity contribution is -0.120. The molecule has 4 nitrogen and oxygen atoms in total. The van der Waals surface area contributed by atoms with Crippen molar-refractivity contribution >= 4 is 29.0 Å². The standard InChI is InChI=1S/C15H25N3OS/c1-10-8-13(16)6-7-14(10)17-15(19)12(3)18(4)11(2)9-20-5/h6-8,11-12H,9,16H2,1-5H3,(H,17,19). The SMILES string of the molecule is CSCC(C)N(C)C(C)C(=O)Nc1ccc(N)cc1C. The summed E-state index contributed by atoms with van der Waals surface area (Å²) < 4.78 is 0. The molecule has 20 heavy (non-hydrogen) atoms. The monoisotopic (exact) mass is 295 g/mol. The number of nitrogens with two attached hydrogens (primary N) is 1. The van der Waals surface area contributed by atoms with Crippen molar-refractivity contribution in [2.75, 3.05) is 30.1 Å². The Bertz CT molecular complexity index is 464. The quantitative estimate of drug-likeness (QED) is 0.792. The van der Waals surface area contributed by atoms with Crippen LogP contribution in [0.4, 0.5) is 11.4 Å². The molecule has 2 unspecified atom stereocenters. The molecule has 1 aromatic rings. The normalized spacial score (nSPS) is 14.1. The number of aryl methyl sites for hydroxylation is 1. The van der Waals surface area contributed by atoms with Gasteiger partial charge in [-0.2, -0.15) is 11.8 Å². The Kier molecular flexibility index (Phi) is 6.36. The van der Waals surface area contributed by atoms with Crippen molar-refractivity contribution in [2.24, 2.45) is 0 Å². The fraction of sp³-hybridized carbons (Fsp3) is 0.533. The molecule has 0 aromatic heterocycles. The predicted molar refractivity (Wildman–Crippen MR) is 89.3 cm³/mol. The van der Waals surface area contributed by atoms with Crippen LogP contribution in [0.3, 0.4) is 0 Å². The molecular weight excluding hydrogens is 270 g/mol. The van der Waals surface area contributed by atoms with E-state index in [9.17, 15) is 4.79 Å². The Hall–Kier alpha value is -1.20. The molecule has 0 heterocycles. The molecule has 0 aliphatic rings. The van der Waals surface area contributed by atoms with Gasteiger partial charge in [-0.15, -0.1) is 0 Å². The lowest BCUT2D eigenvalue weighted by Crippen LogP contribution is -2.45. The van der Waals surface area contributed by atoms with Crippen LogP contribution in [-0.2, 0) is 4.79 Å². The van der Waals surface area contributed by atoms with Crippen molar-refractivity contribution in [3.63, 3.8) is 0 Å². The lowest BCUT2D eigenvalue weighted by atomic mass is 10.1. The highest BCUT2D eigenvalue weighted by molar-refractivity contribution is 7.98. The van der Waals surface area contributed by atoms with Gasteiger partial charge in [0.05, 0.1) is 6.04 Å². The highest BCUT2D eigenvalue weighted by atomic mass is 32.2. The van der Waals surface area contributed by atoms with Gasteiger partial charge in [0.25, 0.3) is 0 Å². The Morgan fingerprint density at radius 2 is 2.10 bits per heavy atom. The van der Waals surface area contributed by atoms with Crippen LogP contribution in [0, 0.1) is 6.92 Å². The number of thioether (sulfide) groups is 1. The second-order valence-electron chi connectivity index (χ2n) is 5.21. The first-order valence-electron chi connectivity index (χ1n) is 6.74. The smallest absolute Gasteiger partial charge is 0.241 e. The van der Waals surface area contributed by atoms with Crippen molar-refractivity contribution in [2.45, 2.75) is 32.9 Å². The molecule has 0 spiro atoms. The summed E-state index contributed by atoms with van der Waals surface area (Å²) >= 11 is 1.79. The zero-order valence-corrected chi connectivity index (χ0v) is 13.8. The number of likely N-dealkylation sites (N-methyl/N-ethyl adjacent to an activating group) is 1. The third-order valence-electron chi connectivity index (χ3n) is 3.60. The number of nitrogens with zero attached hydrogens (tertiary/aromatic N) is 1. The molecule has 0 fully saturated rings. The molecule has 0 saturated carbocycles. The molecule has 0 aliphatic carbocycles. The molecule has 1 rings (SSSR count). The van der Waals surface area contributed by atoms with E-state index in [4.69, 9.17) is 5.73 Å². The highest BCUT2D eigenvalue weighted by Crippen LogP contribution is 2.18. The number of rotatable bonds is 6. The summed E-state index contributed by atoms with van der Waals surface area (Å²) in [6.45, 7) is 6.00. The molecule has 2 atom stereocenters. The fourth-order valence-electron chi connectivity index (χ4n) is 1.99. The number of hydrogen-bond acceptors (Lipinski definition) is 4. The van der Waals surface area contributed by atoms with E-state index in [0.29, 0.717) is 11.7 Å². The molecule has 0 radical (unpaired) electrons. The Morgan fingerprint density at radius 3 is 2.65 bits per heavy atom. The van der Waals surface area contributed by atoms with Crippen LogP contribution >= 0.6 is 11.8 Å². The predicted octanol–water partition coefficient (Wildman–Crippen LogP) is 2.59. The Balaban J connectivity index is 2.70. The minimum absolute atomic E-state index is 0.00771. The van der Waals surface area contributed by atoms with Gasteiger partial charge in [-0.25, -0.2) is 0 Å². The van der Waals surface area contributed by atoms with E-state index in [2.05, 4.69) is 23.4 Å². The Labute approximate surface area is 126 Å². The number of nitrogen functional groups attached to an aromatic ring is 1. The van der Waals surface area contributed by atoms with Crippen molar-refractivity contribution in [1.82, 2.24) is 4.90 Å². The number of carbonyl (C=O) groups excluding carboxylic acids is 1. The van der Waals surface area contributed by atoms with Crippen LogP contribution in [0.2, 0.25) is 0 Å².